The van der Waals surface area contributed by atoms with Crippen LogP contribution in [0, 0.1) is 5.41 Å². The molecule has 1 aromatic carbocycles. The van der Waals surface area contributed by atoms with Crippen LogP contribution in [0.2, 0.25) is 0 Å². The molecule has 0 aliphatic carbocycles. The van der Waals surface area contributed by atoms with Crippen LogP contribution in [0.4, 0.5) is 4.39 Å². The number of alkyl halides is 1. The number of rotatable bonds is 3. The van der Waals surface area contributed by atoms with Crippen molar-refractivity contribution in [2.75, 3.05) is 6.67 Å². The maximum Gasteiger partial charge on any atom is 0.0934 e. The van der Waals surface area contributed by atoms with Gasteiger partial charge in [-0.05, 0) is 23.0 Å². The minimum absolute atomic E-state index is 0.265. The molecular weight excluding hydrogens is 175 g/mol. The van der Waals surface area contributed by atoms with Gasteiger partial charge >= 0.3 is 0 Å². The molecule has 14 heavy (non-hydrogen) atoms. The molecule has 78 valence electrons. The summed E-state index contributed by atoms with van der Waals surface area (Å²) in [6, 6.07) is 8.27. The van der Waals surface area contributed by atoms with Gasteiger partial charge in [-0.1, -0.05) is 45.0 Å². The number of hydrogen-bond acceptors (Lipinski definition) is 0. The minimum Gasteiger partial charge on any atom is -0.251 e. The average Bonchev–Trinajstić information content (AvgIpc) is 2.06. The van der Waals surface area contributed by atoms with Crippen molar-refractivity contribution < 1.29 is 4.39 Å². The van der Waals surface area contributed by atoms with Crippen LogP contribution < -0.4 is 0 Å². The van der Waals surface area contributed by atoms with Crippen LogP contribution in [0.1, 0.15) is 31.9 Å². The van der Waals surface area contributed by atoms with Gasteiger partial charge in [0.05, 0.1) is 6.67 Å². The Morgan fingerprint density at radius 1 is 1.00 bits per heavy atom. The van der Waals surface area contributed by atoms with Crippen molar-refractivity contribution in [1.29, 1.82) is 0 Å². The molecule has 0 nitrogen and oxygen atoms in total. The Balaban J connectivity index is 2.64. The van der Waals surface area contributed by atoms with E-state index in [9.17, 15) is 4.39 Å². The van der Waals surface area contributed by atoms with E-state index in [1.165, 1.54) is 5.56 Å². The van der Waals surface area contributed by atoms with Crippen LogP contribution in [-0.4, -0.2) is 6.67 Å². The Hall–Kier alpha value is -0.850. The summed E-state index contributed by atoms with van der Waals surface area (Å²) in [6.45, 7) is 6.41. The third-order valence-electron chi connectivity index (χ3n) is 2.14. The van der Waals surface area contributed by atoms with E-state index in [-0.39, 0.29) is 6.67 Å². The molecule has 0 saturated carbocycles. The van der Waals surface area contributed by atoms with Crippen LogP contribution in [0.5, 0.6) is 0 Å². The summed E-state index contributed by atoms with van der Waals surface area (Å²) in [7, 11) is 0. The van der Waals surface area contributed by atoms with Crippen molar-refractivity contribution in [1.82, 2.24) is 0 Å². The van der Waals surface area contributed by atoms with E-state index in [4.69, 9.17) is 0 Å². The summed E-state index contributed by atoms with van der Waals surface area (Å²) in [5.41, 5.74) is 2.74. The van der Waals surface area contributed by atoms with Crippen LogP contribution in [-0.2, 0) is 12.8 Å². The zero-order valence-corrected chi connectivity index (χ0v) is 9.31. The fourth-order valence-corrected chi connectivity index (χ4v) is 1.55. The summed E-state index contributed by atoms with van der Waals surface area (Å²) in [6.07, 6.45) is 1.61. The van der Waals surface area contributed by atoms with Crippen molar-refractivity contribution in [2.24, 2.45) is 5.41 Å². The molecule has 0 heterocycles. The Morgan fingerprint density at radius 2 is 1.50 bits per heavy atom. The predicted molar refractivity (Wildman–Crippen MR) is 59.3 cm³/mol. The maximum atomic E-state index is 12.1. The van der Waals surface area contributed by atoms with Gasteiger partial charge in [-0.2, -0.15) is 0 Å². The van der Waals surface area contributed by atoms with E-state index in [1.54, 1.807) is 0 Å². The van der Waals surface area contributed by atoms with E-state index in [0.29, 0.717) is 11.8 Å². The standard InChI is InChI=1S/C13H19F/c1-13(2,3)10-12-6-4-11(5-7-12)8-9-14/h4-7H,8-10H2,1-3H3. The van der Waals surface area contributed by atoms with Gasteiger partial charge in [0.25, 0.3) is 0 Å². The Kier molecular flexibility index (Phi) is 3.68. The normalized spacial score (nSPS) is 11.7. The minimum atomic E-state index is -0.265. The first-order valence-corrected chi connectivity index (χ1v) is 5.15. The fraction of sp³-hybridized carbons (Fsp3) is 0.538. The molecule has 0 N–H and O–H groups in total. The molecule has 0 aromatic heterocycles. The quantitative estimate of drug-likeness (QED) is 0.686. The third-order valence-corrected chi connectivity index (χ3v) is 2.14. The van der Waals surface area contributed by atoms with E-state index in [2.05, 4.69) is 32.9 Å². The highest BCUT2D eigenvalue weighted by atomic mass is 19.1. The summed E-state index contributed by atoms with van der Waals surface area (Å²) >= 11 is 0. The fourth-order valence-electron chi connectivity index (χ4n) is 1.55. The highest BCUT2D eigenvalue weighted by molar-refractivity contribution is 5.23. The molecule has 1 heteroatoms. The molecule has 1 rings (SSSR count). The van der Waals surface area contributed by atoms with Crippen molar-refractivity contribution in [3.05, 3.63) is 35.4 Å². The molecule has 0 fully saturated rings. The second-order valence-electron chi connectivity index (χ2n) is 4.99. The molecule has 0 radical (unpaired) electrons. The Labute approximate surface area is 86.2 Å². The smallest absolute Gasteiger partial charge is 0.0934 e. The summed E-state index contributed by atoms with van der Waals surface area (Å²) < 4.78 is 12.1. The number of hydrogen-bond donors (Lipinski definition) is 0. The predicted octanol–water partition coefficient (Wildman–Crippen LogP) is 3.79. The molecule has 0 amide bonds. The van der Waals surface area contributed by atoms with Gasteiger partial charge < -0.3 is 0 Å². The molecule has 1 aromatic rings. The maximum absolute atomic E-state index is 12.1. The van der Waals surface area contributed by atoms with Gasteiger partial charge in [-0.25, -0.2) is 0 Å². The monoisotopic (exact) mass is 194 g/mol. The SMILES string of the molecule is CC(C)(C)Cc1ccc(CCF)cc1. The number of benzene rings is 1. The third kappa shape index (κ3) is 3.91. The Bertz CT molecular complexity index is 266. The lowest BCUT2D eigenvalue weighted by atomic mass is 9.88. The van der Waals surface area contributed by atoms with E-state index < -0.39 is 0 Å². The molecule has 0 aliphatic heterocycles. The molecular formula is C13H19F. The second kappa shape index (κ2) is 4.59. The van der Waals surface area contributed by atoms with Gasteiger partial charge in [-0.15, -0.1) is 0 Å². The molecule has 0 spiro atoms. The molecule has 0 unspecified atom stereocenters. The van der Waals surface area contributed by atoms with Crippen LogP contribution in [0.25, 0.3) is 0 Å². The highest BCUT2D eigenvalue weighted by Crippen LogP contribution is 2.20. The van der Waals surface area contributed by atoms with Crippen molar-refractivity contribution in [3.8, 4) is 0 Å². The molecule has 0 bridgehead atoms. The topological polar surface area (TPSA) is 0 Å². The van der Waals surface area contributed by atoms with E-state index >= 15 is 0 Å². The van der Waals surface area contributed by atoms with Gasteiger partial charge in [0, 0.05) is 6.42 Å². The number of halogens is 1. The van der Waals surface area contributed by atoms with Gasteiger partial charge in [0.2, 0.25) is 0 Å². The van der Waals surface area contributed by atoms with Crippen molar-refractivity contribution >= 4 is 0 Å². The lowest BCUT2D eigenvalue weighted by molar-refractivity contribution is 0.411. The van der Waals surface area contributed by atoms with Gasteiger partial charge in [0.1, 0.15) is 0 Å². The molecule has 0 atom stereocenters. The zero-order valence-electron chi connectivity index (χ0n) is 9.31. The van der Waals surface area contributed by atoms with Gasteiger partial charge in [-0.3, -0.25) is 4.39 Å². The van der Waals surface area contributed by atoms with Crippen molar-refractivity contribution in [3.63, 3.8) is 0 Å². The first-order valence-electron chi connectivity index (χ1n) is 5.15. The van der Waals surface area contributed by atoms with E-state index in [0.717, 1.165) is 12.0 Å². The summed E-state index contributed by atoms with van der Waals surface area (Å²) in [4.78, 5) is 0. The first-order chi connectivity index (χ1) is 6.51. The largest absolute Gasteiger partial charge is 0.251 e. The highest BCUT2D eigenvalue weighted by Gasteiger charge is 2.10. The summed E-state index contributed by atoms with van der Waals surface area (Å²) in [5.74, 6) is 0. The lowest BCUT2D eigenvalue weighted by Crippen LogP contribution is -2.08. The van der Waals surface area contributed by atoms with Crippen LogP contribution in [0.3, 0.4) is 0 Å². The average molecular weight is 194 g/mol. The molecule has 0 aliphatic rings. The second-order valence-corrected chi connectivity index (χ2v) is 4.99. The Morgan fingerprint density at radius 3 is 1.93 bits per heavy atom. The number of aryl methyl sites for hydroxylation is 1. The van der Waals surface area contributed by atoms with Crippen LogP contribution in [0.15, 0.2) is 24.3 Å². The summed E-state index contributed by atoms with van der Waals surface area (Å²) in [5, 5.41) is 0. The molecule has 0 saturated heterocycles. The van der Waals surface area contributed by atoms with Crippen molar-refractivity contribution in [2.45, 2.75) is 33.6 Å². The van der Waals surface area contributed by atoms with E-state index in [1.807, 2.05) is 12.1 Å². The first kappa shape index (κ1) is 11.2. The zero-order chi connectivity index (χ0) is 10.6. The van der Waals surface area contributed by atoms with Gasteiger partial charge in [0.15, 0.2) is 0 Å². The lowest BCUT2D eigenvalue weighted by Gasteiger charge is -2.18. The van der Waals surface area contributed by atoms with Crippen LogP contribution >= 0.6 is 0 Å².